The van der Waals surface area contributed by atoms with E-state index >= 15 is 0 Å². The first-order valence-corrected chi connectivity index (χ1v) is 13.7. The molecule has 0 spiro atoms. The van der Waals surface area contributed by atoms with E-state index in [9.17, 15) is 31.5 Å². The molecule has 0 atom stereocenters. The standard InChI is InChI=1S/C19H23N7O9S2/c1-11-8-15(27)26(10-16(28)29)14-9-12(2-3-13(11)14)22-19-24-17(20-4-6-36(30,31)32)23-18(25-19)21-5-7-37(33,34)35/h2-3,8-9H,4-7,10H2,1H3,(H,28,29)(H,30,31,32)(H,33,34,35)(H3,20,21,22,23,24,25). The number of aryl methyl sites for hydroxylation is 1. The molecule has 0 saturated heterocycles. The number of nitrogens with one attached hydrogen (secondary N) is 3. The second-order valence-electron chi connectivity index (χ2n) is 7.73. The summed E-state index contributed by atoms with van der Waals surface area (Å²) in [5.74, 6) is -2.83. The highest BCUT2D eigenvalue weighted by molar-refractivity contribution is 7.86. The van der Waals surface area contributed by atoms with Crippen LogP contribution in [0.4, 0.5) is 23.5 Å². The lowest BCUT2D eigenvalue weighted by molar-refractivity contribution is -0.137. The summed E-state index contributed by atoms with van der Waals surface area (Å²) in [6, 6.07) is 6.15. The molecule has 3 aromatic rings. The molecule has 3 rings (SSSR count). The Morgan fingerprint density at radius 1 is 0.919 bits per heavy atom. The summed E-state index contributed by atoms with van der Waals surface area (Å²) < 4.78 is 62.8. The summed E-state index contributed by atoms with van der Waals surface area (Å²) in [4.78, 5) is 35.9. The minimum Gasteiger partial charge on any atom is -0.480 e. The van der Waals surface area contributed by atoms with Crippen LogP contribution in [0.5, 0.6) is 0 Å². The molecule has 18 heteroatoms. The monoisotopic (exact) mass is 557 g/mol. The molecule has 0 unspecified atom stereocenters. The quantitative estimate of drug-likeness (QED) is 0.159. The number of hydrogen-bond acceptors (Lipinski definition) is 12. The molecule has 2 aromatic heterocycles. The van der Waals surface area contributed by atoms with Crippen LogP contribution in [-0.2, 0) is 31.6 Å². The number of anilines is 4. The number of hydrogen-bond donors (Lipinski definition) is 6. The first kappa shape index (κ1) is 27.7. The number of fused-ring (bicyclic) bond motifs is 1. The molecule has 0 fully saturated rings. The lowest BCUT2D eigenvalue weighted by Crippen LogP contribution is -2.24. The Labute approximate surface area is 210 Å². The van der Waals surface area contributed by atoms with Crippen molar-refractivity contribution in [1.29, 1.82) is 0 Å². The van der Waals surface area contributed by atoms with Crippen molar-refractivity contribution in [2.24, 2.45) is 0 Å². The highest BCUT2D eigenvalue weighted by Crippen LogP contribution is 2.23. The third-order valence-electron chi connectivity index (χ3n) is 4.79. The third kappa shape index (κ3) is 8.34. The molecular weight excluding hydrogens is 534 g/mol. The van der Waals surface area contributed by atoms with Crippen LogP contribution < -0.4 is 21.5 Å². The Kier molecular flexibility index (Phi) is 8.26. The number of carbonyl (C=O) groups is 1. The van der Waals surface area contributed by atoms with Crippen LogP contribution in [0.3, 0.4) is 0 Å². The molecule has 0 saturated carbocycles. The maximum absolute atomic E-state index is 12.4. The lowest BCUT2D eigenvalue weighted by atomic mass is 10.1. The van der Waals surface area contributed by atoms with Gasteiger partial charge in [0.2, 0.25) is 17.8 Å². The van der Waals surface area contributed by atoms with E-state index in [-0.39, 0.29) is 30.9 Å². The topological polar surface area (TPSA) is 243 Å². The number of aliphatic carboxylic acids is 1. The fraction of sp³-hybridized carbons (Fsp3) is 0.316. The zero-order chi connectivity index (χ0) is 27.4. The molecule has 6 N–H and O–H groups in total. The molecule has 0 aliphatic heterocycles. The van der Waals surface area contributed by atoms with Crippen molar-refractivity contribution >= 4 is 60.6 Å². The number of carboxylic acids is 1. The average molecular weight is 558 g/mol. The fourth-order valence-electron chi connectivity index (χ4n) is 3.23. The summed E-state index contributed by atoms with van der Waals surface area (Å²) >= 11 is 0. The molecule has 200 valence electrons. The summed E-state index contributed by atoms with van der Waals surface area (Å²) in [6.07, 6.45) is 0. The SMILES string of the molecule is Cc1cc(=O)n(CC(=O)O)c2cc(Nc3nc(NCCS(=O)(=O)O)nc(NCCS(=O)(=O)O)n3)ccc12. The largest absolute Gasteiger partial charge is 0.480 e. The predicted octanol–water partition coefficient (Wildman–Crippen LogP) is -0.0775. The van der Waals surface area contributed by atoms with E-state index in [1.54, 1.807) is 19.1 Å². The second-order valence-corrected chi connectivity index (χ2v) is 10.9. The molecule has 37 heavy (non-hydrogen) atoms. The van der Waals surface area contributed by atoms with Crippen LogP contribution >= 0.6 is 0 Å². The fourth-order valence-corrected chi connectivity index (χ4v) is 3.95. The maximum Gasteiger partial charge on any atom is 0.323 e. The Balaban J connectivity index is 1.95. The van der Waals surface area contributed by atoms with Crippen LogP contribution in [0, 0.1) is 6.92 Å². The van der Waals surface area contributed by atoms with Crippen molar-refractivity contribution in [3.63, 3.8) is 0 Å². The number of pyridine rings is 1. The molecule has 0 aliphatic rings. The van der Waals surface area contributed by atoms with E-state index in [1.807, 2.05) is 0 Å². The smallest absolute Gasteiger partial charge is 0.323 e. The van der Waals surface area contributed by atoms with Gasteiger partial charge >= 0.3 is 5.97 Å². The Hall–Kier alpha value is -3.87. The lowest BCUT2D eigenvalue weighted by Gasteiger charge is -2.13. The second kappa shape index (κ2) is 11.0. The van der Waals surface area contributed by atoms with Gasteiger partial charge in [-0.15, -0.1) is 0 Å². The summed E-state index contributed by atoms with van der Waals surface area (Å²) in [6.45, 7) is 0.629. The van der Waals surface area contributed by atoms with Crippen LogP contribution in [0.2, 0.25) is 0 Å². The highest BCUT2D eigenvalue weighted by Gasteiger charge is 2.13. The van der Waals surface area contributed by atoms with Crippen LogP contribution in [-0.4, -0.2) is 81.1 Å². The van der Waals surface area contributed by atoms with Gasteiger partial charge in [-0.05, 0) is 24.6 Å². The minimum absolute atomic E-state index is 0.0853. The van der Waals surface area contributed by atoms with E-state index in [2.05, 4.69) is 30.9 Å². The Morgan fingerprint density at radius 3 is 1.97 bits per heavy atom. The van der Waals surface area contributed by atoms with E-state index in [1.165, 1.54) is 12.1 Å². The van der Waals surface area contributed by atoms with Crippen LogP contribution in [0.25, 0.3) is 10.9 Å². The first-order chi connectivity index (χ1) is 17.2. The Morgan fingerprint density at radius 2 is 1.46 bits per heavy atom. The third-order valence-corrected chi connectivity index (χ3v) is 6.23. The first-order valence-electron chi connectivity index (χ1n) is 10.5. The van der Waals surface area contributed by atoms with E-state index in [0.29, 0.717) is 22.2 Å². The van der Waals surface area contributed by atoms with Gasteiger partial charge < -0.3 is 21.1 Å². The van der Waals surface area contributed by atoms with Crippen molar-refractivity contribution in [3.05, 3.63) is 40.2 Å². The molecule has 2 heterocycles. The van der Waals surface area contributed by atoms with Gasteiger partial charge in [0.05, 0.1) is 17.0 Å². The number of rotatable bonds is 12. The minimum atomic E-state index is -4.26. The van der Waals surface area contributed by atoms with Gasteiger partial charge in [0.1, 0.15) is 6.54 Å². The van der Waals surface area contributed by atoms with Crippen molar-refractivity contribution in [3.8, 4) is 0 Å². The zero-order valence-electron chi connectivity index (χ0n) is 19.2. The zero-order valence-corrected chi connectivity index (χ0v) is 20.9. The van der Waals surface area contributed by atoms with Crippen molar-refractivity contribution in [1.82, 2.24) is 19.5 Å². The molecule has 0 aliphatic carbocycles. The van der Waals surface area contributed by atoms with Crippen LogP contribution in [0.15, 0.2) is 29.1 Å². The summed E-state index contributed by atoms with van der Waals surface area (Å²) in [7, 11) is -8.53. The highest BCUT2D eigenvalue weighted by atomic mass is 32.2. The molecule has 0 amide bonds. The van der Waals surface area contributed by atoms with E-state index < -0.39 is 49.8 Å². The molecular formula is C19H23N7O9S2. The number of carboxylic acid groups (broad SMARTS) is 1. The van der Waals surface area contributed by atoms with Crippen molar-refractivity contribution in [2.45, 2.75) is 13.5 Å². The van der Waals surface area contributed by atoms with Crippen molar-refractivity contribution < 1.29 is 35.8 Å². The van der Waals surface area contributed by atoms with Gasteiger partial charge in [-0.3, -0.25) is 23.3 Å². The molecule has 16 nitrogen and oxygen atoms in total. The average Bonchev–Trinajstić information content (AvgIpc) is 2.74. The number of aromatic nitrogens is 4. The van der Waals surface area contributed by atoms with Gasteiger partial charge in [0.15, 0.2) is 0 Å². The van der Waals surface area contributed by atoms with E-state index in [4.69, 9.17) is 9.11 Å². The Bertz CT molecular complexity index is 1550. The predicted molar refractivity (Wildman–Crippen MR) is 134 cm³/mol. The normalized spacial score (nSPS) is 11.9. The van der Waals surface area contributed by atoms with Crippen molar-refractivity contribution in [2.75, 3.05) is 40.5 Å². The summed E-state index contributed by atoms with van der Waals surface area (Å²) in [5.41, 5.74) is 0.837. The van der Waals surface area contributed by atoms with E-state index in [0.717, 1.165) is 4.57 Å². The molecule has 0 bridgehead atoms. The van der Waals surface area contributed by atoms with Gasteiger partial charge in [-0.1, -0.05) is 6.07 Å². The summed E-state index contributed by atoms with van der Waals surface area (Å²) in [5, 5.41) is 17.9. The molecule has 0 radical (unpaired) electrons. The maximum atomic E-state index is 12.4. The molecule has 1 aromatic carbocycles. The van der Waals surface area contributed by atoms with Gasteiger partial charge in [0, 0.05) is 30.2 Å². The van der Waals surface area contributed by atoms with Gasteiger partial charge in [-0.2, -0.15) is 31.8 Å². The number of benzene rings is 1. The van der Waals surface area contributed by atoms with Gasteiger partial charge in [0.25, 0.3) is 25.8 Å². The number of nitrogens with zero attached hydrogens (tertiary/aromatic N) is 4. The van der Waals surface area contributed by atoms with Crippen LogP contribution in [0.1, 0.15) is 5.56 Å². The van der Waals surface area contributed by atoms with Gasteiger partial charge in [-0.25, -0.2) is 0 Å².